The third-order valence-corrected chi connectivity index (χ3v) is 4.97. The average Bonchev–Trinajstić information content (AvgIpc) is 2.61. The Morgan fingerprint density at radius 3 is 2.46 bits per heavy atom. The number of alkyl halides is 3. The van der Waals surface area contributed by atoms with Crippen LogP contribution in [0.5, 0.6) is 0 Å². The molecule has 26 heavy (non-hydrogen) atoms. The van der Waals surface area contributed by atoms with Crippen molar-refractivity contribution in [2.75, 3.05) is 6.54 Å². The van der Waals surface area contributed by atoms with Crippen molar-refractivity contribution in [3.05, 3.63) is 60.6 Å². The van der Waals surface area contributed by atoms with Gasteiger partial charge in [0.2, 0.25) is 5.82 Å². The molecule has 1 saturated heterocycles. The molecule has 7 heteroatoms. The lowest BCUT2D eigenvalue weighted by atomic mass is 9.95. The van der Waals surface area contributed by atoms with Crippen LogP contribution in [0.15, 0.2) is 42.6 Å². The van der Waals surface area contributed by atoms with E-state index in [9.17, 15) is 18.0 Å². The summed E-state index contributed by atoms with van der Waals surface area (Å²) in [6.07, 6.45) is -0.625. The molecule has 4 nitrogen and oxygen atoms in total. The van der Waals surface area contributed by atoms with Crippen molar-refractivity contribution in [3.8, 4) is 0 Å². The zero-order valence-corrected chi connectivity index (χ0v) is 14.2. The van der Waals surface area contributed by atoms with E-state index >= 15 is 0 Å². The lowest BCUT2D eigenvalue weighted by molar-refractivity contribution is -0.137. The molecule has 0 bridgehead atoms. The molecule has 1 aliphatic heterocycles. The summed E-state index contributed by atoms with van der Waals surface area (Å²) < 4.78 is 38.8. The third-order valence-electron chi connectivity index (χ3n) is 4.97. The molecule has 2 heterocycles. The van der Waals surface area contributed by atoms with Crippen molar-refractivity contribution in [2.24, 2.45) is 5.73 Å². The van der Waals surface area contributed by atoms with Crippen molar-refractivity contribution in [1.29, 1.82) is 0 Å². The average molecular weight is 363 g/mol. The predicted octanol–water partition coefficient (Wildman–Crippen LogP) is 3.96. The molecule has 0 aliphatic carbocycles. The number of carbonyl (C=O) groups is 1. The number of halogens is 3. The highest BCUT2D eigenvalue weighted by molar-refractivity contribution is 5.84. The van der Waals surface area contributed by atoms with Crippen LogP contribution in [-0.4, -0.2) is 23.5 Å². The van der Waals surface area contributed by atoms with Crippen molar-refractivity contribution < 1.29 is 18.0 Å². The Hall–Kier alpha value is -2.41. The summed E-state index contributed by atoms with van der Waals surface area (Å²) in [7, 11) is 0. The fourth-order valence-electron chi connectivity index (χ4n) is 3.75. The minimum absolute atomic E-state index is 0.0246. The highest BCUT2D eigenvalue weighted by Crippen LogP contribution is 2.42. The van der Waals surface area contributed by atoms with Crippen molar-refractivity contribution >= 4 is 17.4 Å². The number of aromatic nitrogens is 1. The minimum Gasteiger partial charge on any atom is -0.364 e. The standard InChI is InChI=1S/C19H19F3N3O/c1-13-9-10-24-17(12-13)25(11-3-2-4-16(25)18(23)26)15-7-5-14(6-8-15)19(20,21)22/h5-10,12,16H,1-4,11H2,(H-,23,26)/p+1. The van der Waals surface area contributed by atoms with Gasteiger partial charge >= 0.3 is 6.18 Å². The number of amides is 1. The van der Waals surface area contributed by atoms with Gasteiger partial charge in [0.1, 0.15) is 5.69 Å². The molecule has 1 amide bonds. The SMILES string of the molecule is [CH2]c1ccnc([N+]2(c3ccc(C(F)(F)F)cc3)CCCCC2C(N)=O)c1. The van der Waals surface area contributed by atoms with E-state index in [0.29, 0.717) is 30.0 Å². The molecule has 1 radical (unpaired) electrons. The maximum atomic E-state index is 12.9. The summed E-state index contributed by atoms with van der Waals surface area (Å²) in [5.74, 6) is 0.0848. The van der Waals surface area contributed by atoms with E-state index in [1.54, 1.807) is 18.3 Å². The molecule has 1 aromatic heterocycles. The number of primary amides is 1. The number of piperidine rings is 1. The van der Waals surface area contributed by atoms with Gasteiger partial charge in [-0.3, -0.25) is 4.79 Å². The Morgan fingerprint density at radius 2 is 1.88 bits per heavy atom. The fraction of sp³-hybridized carbons (Fsp3) is 0.316. The molecule has 3 rings (SSSR count). The maximum Gasteiger partial charge on any atom is 0.416 e. The van der Waals surface area contributed by atoms with Crippen LogP contribution in [0.4, 0.5) is 24.7 Å². The van der Waals surface area contributed by atoms with Crippen LogP contribution < -0.4 is 10.2 Å². The third kappa shape index (κ3) is 3.19. The van der Waals surface area contributed by atoms with E-state index in [0.717, 1.165) is 25.0 Å². The van der Waals surface area contributed by atoms with Gasteiger partial charge in [0.25, 0.3) is 5.91 Å². The monoisotopic (exact) mass is 363 g/mol. The van der Waals surface area contributed by atoms with Crippen LogP contribution in [-0.2, 0) is 11.0 Å². The first-order valence-corrected chi connectivity index (χ1v) is 8.38. The summed E-state index contributed by atoms with van der Waals surface area (Å²) in [4.78, 5) is 16.6. The largest absolute Gasteiger partial charge is 0.416 e. The molecule has 1 aromatic carbocycles. The van der Waals surface area contributed by atoms with Crippen LogP contribution in [0, 0.1) is 6.92 Å². The van der Waals surface area contributed by atoms with Crippen LogP contribution in [0.3, 0.4) is 0 Å². The zero-order chi connectivity index (χ0) is 18.9. The maximum absolute atomic E-state index is 12.9. The second kappa shape index (κ2) is 6.72. The first-order chi connectivity index (χ1) is 12.2. The number of benzene rings is 1. The Morgan fingerprint density at radius 1 is 1.19 bits per heavy atom. The highest BCUT2D eigenvalue weighted by atomic mass is 19.4. The summed E-state index contributed by atoms with van der Waals surface area (Å²) in [6, 6.07) is 7.82. The molecular formula is C19H20F3N3O+. The minimum atomic E-state index is -4.42. The number of carbonyl (C=O) groups excluding carboxylic acids is 1. The molecule has 137 valence electrons. The lowest BCUT2D eigenvalue weighted by Gasteiger charge is -2.44. The molecule has 1 fully saturated rings. The zero-order valence-electron chi connectivity index (χ0n) is 14.2. The van der Waals surface area contributed by atoms with E-state index in [2.05, 4.69) is 11.9 Å². The smallest absolute Gasteiger partial charge is 0.364 e. The number of quaternary nitrogens is 1. The molecule has 2 aromatic rings. The highest BCUT2D eigenvalue weighted by Gasteiger charge is 2.48. The normalized spacial score (nSPS) is 23.6. The Kier molecular flexibility index (Phi) is 4.75. The van der Waals surface area contributed by atoms with Gasteiger partial charge in [-0.05, 0) is 43.5 Å². The summed E-state index contributed by atoms with van der Waals surface area (Å²) >= 11 is 0. The van der Waals surface area contributed by atoms with Crippen LogP contribution in [0.1, 0.15) is 30.4 Å². The first-order valence-electron chi connectivity index (χ1n) is 8.38. The van der Waals surface area contributed by atoms with Gasteiger partial charge in [-0.15, -0.1) is 0 Å². The van der Waals surface area contributed by atoms with Crippen LogP contribution >= 0.6 is 0 Å². The summed E-state index contributed by atoms with van der Waals surface area (Å²) in [5, 5.41) is 0. The van der Waals surface area contributed by atoms with Gasteiger partial charge in [-0.1, -0.05) is 0 Å². The molecular weight excluding hydrogens is 343 g/mol. The quantitative estimate of drug-likeness (QED) is 0.840. The van der Waals surface area contributed by atoms with Gasteiger partial charge in [0.05, 0.1) is 12.1 Å². The Bertz CT molecular complexity index is 804. The lowest BCUT2D eigenvalue weighted by Crippen LogP contribution is -2.61. The number of nitrogens with zero attached hydrogens (tertiary/aromatic N) is 2. The molecule has 2 N–H and O–H groups in total. The number of nitrogens with two attached hydrogens (primary N) is 1. The van der Waals surface area contributed by atoms with Gasteiger partial charge in [0, 0.05) is 30.8 Å². The van der Waals surface area contributed by atoms with Gasteiger partial charge < -0.3 is 5.73 Å². The molecule has 2 atom stereocenters. The van der Waals surface area contributed by atoms with Crippen molar-refractivity contribution in [2.45, 2.75) is 31.5 Å². The van der Waals surface area contributed by atoms with Crippen molar-refractivity contribution in [1.82, 2.24) is 9.47 Å². The Labute approximate surface area is 150 Å². The summed E-state index contributed by atoms with van der Waals surface area (Å²) in [5.41, 5.74) is 6.23. The number of hydrogen-bond donors (Lipinski definition) is 1. The van der Waals surface area contributed by atoms with E-state index < -0.39 is 23.7 Å². The van der Waals surface area contributed by atoms with E-state index in [1.807, 2.05) is 0 Å². The number of pyridine rings is 1. The van der Waals surface area contributed by atoms with E-state index in [4.69, 9.17) is 5.73 Å². The molecule has 1 aliphatic rings. The van der Waals surface area contributed by atoms with Gasteiger partial charge in [-0.25, -0.2) is 9.47 Å². The second-order valence-electron chi connectivity index (χ2n) is 6.57. The Balaban J connectivity index is 2.19. The molecule has 2 unspecified atom stereocenters. The fourth-order valence-corrected chi connectivity index (χ4v) is 3.75. The molecule has 0 spiro atoms. The van der Waals surface area contributed by atoms with Crippen LogP contribution in [0.2, 0.25) is 0 Å². The summed E-state index contributed by atoms with van der Waals surface area (Å²) in [6.45, 7) is 4.44. The van der Waals surface area contributed by atoms with Crippen LogP contribution in [0.25, 0.3) is 0 Å². The predicted molar refractivity (Wildman–Crippen MR) is 93.3 cm³/mol. The van der Waals surface area contributed by atoms with Crippen molar-refractivity contribution in [3.63, 3.8) is 0 Å². The van der Waals surface area contributed by atoms with Gasteiger partial charge in [-0.2, -0.15) is 13.2 Å². The van der Waals surface area contributed by atoms with E-state index in [-0.39, 0.29) is 4.48 Å². The topological polar surface area (TPSA) is 56.0 Å². The first kappa shape index (κ1) is 18.4. The number of hydrogen-bond acceptors (Lipinski definition) is 2. The second-order valence-corrected chi connectivity index (χ2v) is 6.57. The van der Waals surface area contributed by atoms with Gasteiger partial charge in [0.15, 0.2) is 6.04 Å². The molecule has 0 saturated carbocycles. The van der Waals surface area contributed by atoms with E-state index in [1.165, 1.54) is 12.1 Å². The number of rotatable bonds is 3.